The SMILES string of the molecule is CN(C)c1ccc2cc(S(=O)(=O)N3CC(=O)NC3=S)ccc2c1. The molecule has 0 aromatic heterocycles. The summed E-state index contributed by atoms with van der Waals surface area (Å²) in [5.74, 6) is -0.421. The Hall–Kier alpha value is -2.19. The lowest BCUT2D eigenvalue weighted by Crippen LogP contribution is -2.34. The first-order valence-corrected chi connectivity index (χ1v) is 8.71. The van der Waals surface area contributed by atoms with Crippen LogP contribution in [0.1, 0.15) is 0 Å². The number of carbonyl (C=O) groups excluding carboxylic acids is 1. The zero-order valence-electron chi connectivity index (χ0n) is 12.6. The smallest absolute Gasteiger partial charge is 0.266 e. The standard InChI is InChI=1S/C15H15N3O3S2/c1-17(2)12-5-3-11-8-13(6-4-10(11)7-12)23(20,21)18-9-14(19)16-15(18)22/h3-8H,9H2,1-2H3,(H,16,19,22). The van der Waals surface area contributed by atoms with Gasteiger partial charge in [-0.1, -0.05) is 12.1 Å². The van der Waals surface area contributed by atoms with Gasteiger partial charge in [-0.25, -0.2) is 12.7 Å². The van der Waals surface area contributed by atoms with E-state index in [1.54, 1.807) is 12.1 Å². The van der Waals surface area contributed by atoms with Crippen LogP contribution in [0.25, 0.3) is 10.8 Å². The van der Waals surface area contributed by atoms with Crippen LogP contribution in [-0.2, 0) is 14.8 Å². The van der Waals surface area contributed by atoms with Crippen molar-refractivity contribution in [1.82, 2.24) is 9.62 Å². The maximum absolute atomic E-state index is 12.6. The van der Waals surface area contributed by atoms with Crippen molar-refractivity contribution in [3.05, 3.63) is 36.4 Å². The number of fused-ring (bicyclic) bond motifs is 1. The van der Waals surface area contributed by atoms with Crippen molar-refractivity contribution in [3.63, 3.8) is 0 Å². The van der Waals surface area contributed by atoms with Crippen molar-refractivity contribution in [2.24, 2.45) is 0 Å². The minimum atomic E-state index is -3.84. The first kappa shape index (κ1) is 15.7. The van der Waals surface area contributed by atoms with Gasteiger partial charge in [-0.15, -0.1) is 0 Å². The molecule has 2 aromatic carbocycles. The normalized spacial score (nSPS) is 15.1. The Bertz CT molecular complexity index is 923. The Morgan fingerprint density at radius 3 is 2.39 bits per heavy atom. The van der Waals surface area contributed by atoms with Crippen molar-refractivity contribution in [1.29, 1.82) is 0 Å². The monoisotopic (exact) mass is 349 g/mol. The van der Waals surface area contributed by atoms with Gasteiger partial charge in [-0.3, -0.25) is 4.79 Å². The fourth-order valence-electron chi connectivity index (χ4n) is 2.39. The number of anilines is 1. The van der Waals surface area contributed by atoms with Gasteiger partial charge in [0.15, 0.2) is 5.11 Å². The molecule has 0 saturated carbocycles. The van der Waals surface area contributed by atoms with Crippen LogP contribution in [0.2, 0.25) is 0 Å². The lowest BCUT2D eigenvalue weighted by atomic mass is 10.1. The van der Waals surface area contributed by atoms with Gasteiger partial charge in [0.25, 0.3) is 10.0 Å². The van der Waals surface area contributed by atoms with E-state index in [2.05, 4.69) is 5.32 Å². The number of carbonyl (C=O) groups is 1. The van der Waals surface area contributed by atoms with Crippen LogP contribution in [0, 0.1) is 0 Å². The van der Waals surface area contributed by atoms with Crippen LogP contribution in [0.15, 0.2) is 41.3 Å². The third kappa shape index (κ3) is 2.75. The van der Waals surface area contributed by atoms with Gasteiger partial charge in [-0.2, -0.15) is 0 Å². The summed E-state index contributed by atoms with van der Waals surface area (Å²) >= 11 is 4.92. The lowest BCUT2D eigenvalue weighted by molar-refractivity contribution is -0.118. The fourth-order valence-corrected chi connectivity index (χ4v) is 4.19. The summed E-state index contributed by atoms with van der Waals surface area (Å²) in [6.45, 7) is -0.279. The highest BCUT2D eigenvalue weighted by Crippen LogP contribution is 2.26. The quantitative estimate of drug-likeness (QED) is 0.846. The molecule has 120 valence electrons. The molecule has 1 aliphatic heterocycles. The molecule has 0 aliphatic carbocycles. The van der Waals surface area contributed by atoms with Crippen molar-refractivity contribution in [3.8, 4) is 0 Å². The van der Waals surface area contributed by atoms with Gasteiger partial charge in [-0.05, 0) is 47.3 Å². The van der Waals surface area contributed by atoms with Crippen LogP contribution in [0.5, 0.6) is 0 Å². The van der Waals surface area contributed by atoms with E-state index in [0.29, 0.717) is 0 Å². The van der Waals surface area contributed by atoms with Crippen LogP contribution in [-0.4, -0.2) is 44.4 Å². The molecule has 23 heavy (non-hydrogen) atoms. The maximum atomic E-state index is 12.6. The molecule has 3 rings (SSSR count). The summed E-state index contributed by atoms with van der Waals surface area (Å²) in [7, 11) is 0.0452. The van der Waals surface area contributed by atoms with Crippen LogP contribution in [0.3, 0.4) is 0 Å². The topological polar surface area (TPSA) is 69.7 Å². The summed E-state index contributed by atoms with van der Waals surface area (Å²) in [5, 5.41) is 3.99. The predicted molar refractivity (Wildman–Crippen MR) is 92.9 cm³/mol. The largest absolute Gasteiger partial charge is 0.378 e. The highest BCUT2D eigenvalue weighted by Gasteiger charge is 2.34. The number of nitrogens with zero attached hydrogens (tertiary/aromatic N) is 2. The molecule has 1 saturated heterocycles. The second-order valence-corrected chi connectivity index (χ2v) is 7.70. The molecule has 8 heteroatoms. The van der Waals surface area contributed by atoms with E-state index in [1.165, 1.54) is 6.07 Å². The Kier molecular flexibility index (Phi) is 3.73. The average molecular weight is 349 g/mol. The van der Waals surface area contributed by atoms with E-state index >= 15 is 0 Å². The Morgan fingerprint density at radius 2 is 1.78 bits per heavy atom. The molecule has 6 nitrogen and oxygen atoms in total. The van der Waals surface area contributed by atoms with E-state index in [1.807, 2.05) is 37.2 Å². The fraction of sp³-hybridized carbons (Fsp3) is 0.200. The van der Waals surface area contributed by atoms with Gasteiger partial charge in [0.1, 0.15) is 6.54 Å². The van der Waals surface area contributed by atoms with E-state index in [-0.39, 0.29) is 16.6 Å². The highest BCUT2D eigenvalue weighted by molar-refractivity contribution is 7.91. The zero-order valence-corrected chi connectivity index (χ0v) is 14.2. The van der Waals surface area contributed by atoms with Crippen molar-refractivity contribution in [2.75, 3.05) is 25.5 Å². The van der Waals surface area contributed by atoms with Crippen LogP contribution >= 0.6 is 12.2 Å². The molecule has 1 fully saturated rings. The number of sulfonamides is 1. The van der Waals surface area contributed by atoms with Crippen LogP contribution < -0.4 is 10.2 Å². The van der Waals surface area contributed by atoms with E-state index in [9.17, 15) is 13.2 Å². The van der Waals surface area contributed by atoms with Crippen LogP contribution in [0.4, 0.5) is 5.69 Å². The molecule has 1 heterocycles. The molecule has 1 amide bonds. The Balaban J connectivity index is 2.05. The predicted octanol–water partition coefficient (Wildman–Crippen LogP) is 1.31. The third-order valence-corrected chi connectivity index (χ3v) is 5.84. The molecule has 2 aromatic rings. The molecule has 0 radical (unpaired) electrons. The summed E-state index contributed by atoms with van der Waals surface area (Å²) in [5.41, 5.74) is 1.03. The first-order valence-electron chi connectivity index (χ1n) is 6.87. The summed E-state index contributed by atoms with van der Waals surface area (Å²) in [4.78, 5) is 13.4. The molecular formula is C15H15N3O3S2. The van der Waals surface area contributed by atoms with Gasteiger partial charge >= 0.3 is 0 Å². The van der Waals surface area contributed by atoms with E-state index in [4.69, 9.17) is 12.2 Å². The minimum Gasteiger partial charge on any atom is -0.378 e. The van der Waals surface area contributed by atoms with Gasteiger partial charge in [0.2, 0.25) is 5.91 Å². The van der Waals surface area contributed by atoms with E-state index < -0.39 is 15.9 Å². The molecular weight excluding hydrogens is 334 g/mol. The lowest BCUT2D eigenvalue weighted by Gasteiger charge is -2.17. The second kappa shape index (κ2) is 5.47. The van der Waals surface area contributed by atoms with Gasteiger partial charge < -0.3 is 10.2 Å². The minimum absolute atomic E-state index is 0.0851. The van der Waals surface area contributed by atoms with E-state index in [0.717, 1.165) is 20.8 Å². The summed E-state index contributed by atoms with van der Waals surface area (Å²) < 4.78 is 26.2. The van der Waals surface area contributed by atoms with Crippen molar-refractivity contribution < 1.29 is 13.2 Å². The average Bonchev–Trinajstić information content (AvgIpc) is 2.85. The Labute approximate surface area is 139 Å². The number of hydrogen-bond acceptors (Lipinski definition) is 5. The number of benzene rings is 2. The third-order valence-electron chi connectivity index (χ3n) is 3.66. The molecule has 1 aliphatic rings. The number of hydrogen-bond donors (Lipinski definition) is 1. The maximum Gasteiger partial charge on any atom is 0.266 e. The number of amides is 1. The molecule has 0 atom stereocenters. The first-order chi connectivity index (χ1) is 10.8. The molecule has 1 N–H and O–H groups in total. The summed E-state index contributed by atoms with van der Waals surface area (Å²) in [6.07, 6.45) is 0. The summed E-state index contributed by atoms with van der Waals surface area (Å²) in [6, 6.07) is 10.7. The molecule has 0 bridgehead atoms. The van der Waals surface area contributed by atoms with Crippen molar-refractivity contribution >= 4 is 49.7 Å². The number of nitrogens with one attached hydrogen (secondary N) is 1. The molecule has 0 spiro atoms. The van der Waals surface area contributed by atoms with Gasteiger partial charge in [0, 0.05) is 19.8 Å². The van der Waals surface area contributed by atoms with Crippen molar-refractivity contribution in [2.45, 2.75) is 4.90 Å². The second-order valence-electron chi connectivity index (χ2n) is 5.45. The highest BCUT2D eigenvalue weighted by atomic mass is 32.2. The number of thiocarbonyl (C=S) groups is 1. The Morgan fingerprint density at radius 1 is 1.13 bits per heavy atom. The number of rotatable bonds is 3. The molecule has 0 unspecified atom stereocenters. The van der Waals surface area contributed by atoms with Gasteiger partial charge in [0.05, 0.1) is 4.90 Å². The zero-order chi connectivity index (χ0) is 16.8.